The van der Waals surface area contributed by atoms with Gasteiger partial charge in [-0.1, -0.05) is 45.0 Å². The molecule has 0 amide bonds. The van der Waals surface area contributed by atoms with Crippen molar-refractivity contribution in [3.63, 3.8) is 0 Å². The summed E-state index contributed by atoms with van der Waals surface area (Å²) in [4.78, 5) is 2.41. The number of nitrogens with zero attached hydrogens (tertiary/aromatic N) is 2. The highest BCUT2D eigenvalue weighted by Crippen LogP contribution is 2.25. The van der Waals surface area contributed by atoms with Gasteiger partial charge in [0.15, 0.2) is 0 Å². The van der Waals surface area contributed by atoms with Gasteiger partial charge in [0.1, 0.15) is 0 Å². The molecule has 0 N–H and O–H groups in total. The molecule has 1 aliphatic rings. The molecule has 1 aromatic carbocycles. The average Bonchev–Trinajstić information content (AvgIpc) is 2.88. The van der Waals surface area contributed by atoms with Crippen LogP contribution in [0, 0.1) is 11.3 Å². The van der Waals surface area contributed by atoms with Crippen LogP contribution in [0.4, 0.5) is 0 Å². The molecule has 19 heavy (non-hydrogen) atoms. The lowest BCUT2D eigenvalue weighted by molar-refractivity contribution is 0.332. The summed E-state index contributed by atoms with van der Waals surface area (Å²) >= 11 is 0. The van der Waals surface area contributed by atoms with Crippen LogP contribution in [0.1, 0.15) is 50.7 Å². The summed E-state index contributed by atoms with van der Waals surface area (Å²) in [6, 6.07) is 11.1. The molecule has 1 fully saturated rings. The molecular weight excluding hydrogens is 232 g/mol. The van der Waals surface area contributed by atoms with E-state index < -0.39 is 0 Å². The van der Waals surface area contributed by atoms with Crippen LogP contribution in [-0.4, -0.2) is 24.5 Å². The van der Waals surface area contributed by atoms with Gasteiger partial charge in [-0.05, 0) is 42.5 Å². The van der Waals surface area contributed by atoms with Crippen LogP contribution < -0.4 is 0 Å². The molecule has 0 radical (unpaired) electrons. The fourth-order valence-corrected chi connectivity index (χ4v) is 2.66. The first kappa shape index (κ1) is 14.1. The molecule has 1 atom stereocenters. The molecule has 1 heterocycles. The van der Waals surface area contributed by atoms with E-state index >= 15 is 0 Å². The van der Waals surface area contributed by atoms with E-state index in [4.69, 9.17) is 0 Å². The lowest BCUT2D eigenvalue weighted by Crippen LogP contribution is -2.25. The second kappa shape index (κ2) is 5.75. The van der Waals surface area contributed by atoms with Gasteiger partial charge in [-0.3, -0.25) is 0 Å². The molecule has 0 bridgehead atoms. The van der Waals surface area contributed by atoms with E-state index in [0.717, 1.165) is 25.2 Å². The first-order valence-electron chi connectivity index (χ1n) is 7.23. The zero-order chi connectivity index (χ0) is 13.9. The molecule has 2 nitrogen and oxygen atoms in total. The van der Waals surface area contributed by atoms with Crippen molar-refractivity contribution in [2.45, 2.75) is 44.9 Å². The Morgan fingerprint density at radius 1 is 1.16 bits per heavy atom. The summed E-state index contributed by atoms with van der Waals surface area (Å²) in [6.07, 6.45) is 2.56. The van der Waals surface area contributed by atoms with E-state index in [1.165, 1.54) is 18.4 Å². The average molecular weight is 256 g/mol. The Kier molecular flexibility index (Phi) is 4.27. The first-order chi connectivity index (χ1) is 9.00. The Balaban J connectivity index is 2.08. The monoisotopic (exact) mass is 256 g/mol. The van der Waals surface area contributed by atoms with E-state index in [9.17, 15) is 5.26 Å². The summed E-state index contributed by atoms with van der Waals surface area (Å²) in [5.74, 6) is 0.00659. The van der Waals surface area contributed by atoms with Gasteiger partial charge in [0.2, 0.25) is 0 Å². The summed E-state index contributed by atoms with van der Waals surface area (Å²) in [7, 11) is 0. The molecule has 2 heteroatoms. The van der Waals surface area contributed by atoms with Crippen molar-refractivity contribution in [1.29, 1.82) is 5.26 Å². The van der Waals surface area contributed by atoms with E-state index in [1.807, 2.05) is 0 Å². The van der Waals surface area contributed by atoms with E-state index in [1.54, 1.807) is 0 Å². The Morgan fingerprint density at radius 2 is 1.74 bits per heavy atom. The van der Waals surface area contributed by atoms with Crippen LogP contribution in [-0.2, 0) is 5.41 Å². The molecule has 0 saturated carbocycles. The molecule has 0 aromatic heterocycles. The van der Waals surface area contributed by atoms with Crippen molar-refractivity contribution in [1.82, 2.24) is 4.90 Å². The summed E-state index contributed by atoms with van der Waals surface area (Å²) < 4.78 is 0. The lowest BCUT2D eigenvalue weighted by Gasteiger charge is -2.21. The topological polar surface area (TPSA) is 27.0 Å². The van der Waals surface area contributed by atoms with Gasteiger partial charge in [0.05, 0.1) is 12.0 Å². The van der Waals surface area contributed by atoms with Gasteiger partial charge in [-0.25, -0.2) is 0 Å². The van der Waals surface area contributed by atoms with E-state index in [-0.39, 0.29) is 11.3 Å². The Bertz CT molecular complexity index is 442. The van der Waals surface area contributed by atoms with Gasteiger partial charge in [0, 0.05) is 6.54 Å². The predicted octanol–water partition coefficient (Wildman–Crippen LogP) is 3.69. The van der Waals surface area contributed by atoms with Crippen LogP contribution in [0.3, 0.4) is 0 Å². The summed E-state index contributed by atoms with van der Waals surface area (Å²) in [5.41, 5.74) is 2.66. The fraction of sp³-hybridized carbons (Fsp3) is 0.588. The fourth-order valence-electron chi connectivity index (χ4n) is 2.66. The normalized spacial score (nSPS) is 18.2. The largest absolute Gasteiger partial charge is 0.302 e. The minimum atomic E-state index is 0.00659. The van der Waals surface area contributed by atoms with Crippen molar-refractivity contribution in [3.8, 4) is 6.07 Å². The standard InChI is InChI=1S/C17H24N2/c1-17(2,3)16-8-6-14(7-9-16)15(12-18)13-19-10-4-5-11-19/h6-9,15H,4-5,10-11,13H2,1-3H3. The summed E-state index contributed by atoms with van der Waals surface area (Å²) in [5, 5.41) is 9.39. The van der Waals surface area contributed by atoms with Gasteiger partial charge in [0.25, 0.3) is 0 Å². The Morgan fingerprint density at radius 3 is 2.21 bits per heavy atom. The number of hydrogen-bond donors (Lipinski definition) is 0. The third-order valence-corrected chi connectivity index (χ3v) is 3.97. The number of likely N-dealkylation sites (tertiary alicyclic amines) is 1. The molecule has 1 saturated heterocycles. The quantitative estimate of drug-likeness (QED) is 0.824. The van der Waals surface area contributed by atoms with Crippen LogP contribution in [0.25, 0.3) is 0 Å². The molecule has 1 unspecified atom stereocenters. The van der Waals surface area contributed by atoms with Crippen LogP contribution >= 0.6 is 0 Å². The predicted molar refractivity (Wildman–Crippen MR) is 79.2 cm³/mol. The van der Waals surface area contributed by atoms with Crippen molar-refractivity contribution in [2.75, 3.05) is 19.6 Å². The highest BCUT2D eigenvalue weighted by Gasteiger charge is 2.19. The van der Waals surface area contributed by atoms with E-state index in [0.29, 0.717) is 0 Å². The molecule has 1 aliphatic heterocycles. The second-order valence-corrected chi connectivity index (χ2v) is 6.56. The number of benzene rings is 1. The van der Waals surface area contributed by atoms with Crippen LogP contribution in [0.2, 0.25) is 0 Å². The third kappa shape index (κ3) is 3.58. The highest BCUT2D eigenvalue weighted by molar-refractivity contribution is 5.32. The zero-order valence-electron chi connectivity index (χ0n) is 12.3. The van der Waals surface area contributed by atoms with E-state index in [2.05, 4.69) is 56.0 Å². The second-order valence-electron chi connectivity index (χ2n) is 6.56. The molecule has 0 spiro atoms. The smallest absolute Gasteiger partial charge is 0.0839 e. The van der Waals surface area contributed by atoms with Gasteiger partial charge < -0.3 is 4.90 Å². The highest BCUT2D eigenvalue weighted by atomic mass is 15.1. The Labute approximate surface area is 117 Å². The van der Waals surface area contributed by atoms with Gasteiger partial charge in [-0.2, -0.15) is 5.26 Å². The van der Waals surface area contributed by atoms with Gasteiger partial charge in [-0.15, -0.1) is 0 Å². The van der Waals surface area contributed by atoms with Crippen LogP contribution in [0.15, 0.2) is 24.3 Å². The minimum absolute atomic E-state index is 0.00659. The van der Waals surface area contributed by atoms with Crippen molar-refractivity contribution in [2.24, 2.45) is 0 Å². The van der Waals surface area contributed by atoms with Crippen molar-refractivity contribution < 1.29 is 0 Å². The lowest BCUT2D eigenvalue weighted by atomic mass is 9.85. The number of rotatable bonds is 3. The first-order valence-corrected chi connectivity index (χ1v) is 7.23. The maximum atomic E-state index is 9.39. The number of nitriles is 1. The molecule has 2 rings (SSSR count). The molecule has 1 aromatic rings. The van der Waals surface area contributed by atoms with Crippen LogP contribution in [0.5, 0.6) is 0 Å². The zero-order valence-corrected chi connectivity index (χ0v) is 12.3. The maximum Gasteiger partial charge on any atom is 0.0839 e. The molecule has 0 aliphatic carbocycles. The van der Waals surface area contributed by atoms with Gasteiger partial charge >= 0.3 is 0 Å². The Hall–Kier alpha value is -1.33. The molecular formula is C17H24N2. The molecule has 102 valence electrons. The summed E-state index contributed by atoms with van der Waals surface area (Å²) in [6.45, 7) is 9.83. The SMILES string of the molecule is CC(C)(C)c1ccc(C(C#N)CN2CCCC2)cc1. The van der Waals surface area contributed by atoms with Crippen molar-refractivity contribution >= 4 is 0 Å². The third-order valence-electron chi connectivity index (χ3n) is 3.97. The number of hydrogen-bond acceptors (Lipinski definition) is 2. The van der Waals surface area contributed by atoms with Crippen molar-refractivity contribution in [3.05, 3.63) is 35.4 Å². The maximum absolute atomic E-state index is 9.39. The minimum Gasteiger partial charge on any atom is -0.302 e.